The molecular weight excluding hydrogens is 344 g/mol. The van der Waals surface area contributed by atoms with Crippen LogP contribution in [0, 0.1) is 0 Å². The number of hydrogen-bond acceptors (Lipinski definition) is 5. The molecule has 2 aromatic rings. The van der Waals surface area contributed by atoms with Crippen LogP contribution >= 0.6 is 0 Å². The van der Waals surface area contributed by atoms with Gasteiger partial charge >= 0.3 is 0 Å². The second-order valence-electron chi connectivity index (χ2n) is 6.87. The summed E-state index contributed by atoms with van der Waals surface area (Å²) in [6, 6.07) is 9.41. The molecule has 2 aliphatic heterocycles. The van der Waals surface area contributed by atoms with Gasteiger partial charge in [-0.2, -0.15) is 0 Å². The Hall–Kier alpha value is -2.73. The number of para-hydroxylation sites is 1. The van der Waals surface area contributed by atoms with Gasteiger partial charge in [-0.1, -0.05) is 12.1 Å². The maximum atomic E-state index is 12.5. The average Bonchev–Trinajstić information content (AvgIpc) is 3.14. The number of ether oxygens (including phenoxy) is 2. The van der Waals surface area contributed by atoms with Crippen LogP contribution < -0.4 is 9.47 Å². The molecule has 27 heavy (non-hydrogen) atoms. The molecule has 3 heterocycles. The van der Waals surface area contributed by atoms with E-state index in [1.165, 1.54) is 5.57 Å². The van der Waals surface area contributed by atoms with Crippen LogP contribution in [0.2, 0.25) is 0 Å². The molecule has 142 valence electrons. The summed E-state index contributed by atoms with van der Waals surface area (Å²) >= 11 is 0. The third-order valence-corrected chi connectivity index (χ3v) is 5.03. The molecule has 1 saturated heterocycles. The number of carbonyl (C=O) groups excluding carboxylic acids is 1. The van der Waals surface area contributed by atoms with E-state index >= 15 is 0 Å². The molecule has 0 unspecified atom stereocenters. The molecule has 1 fully saturated rings. The highest BCUT2D eigenvalue weighted by molar-refractivity contribution is 5.91. The Morgan fingerprint density at radius 3 is 2.89 bits per heavy atom. The lowest BCUT2D eigenvalue weighted by molar-refractivity contribution is 0.0730. The summed E-state index contributed by atoms with van der Waals surface area (Å²) in [6.07, 6.45) is 4.68. The predicted molar refractivity (Wildman–Crippen MR) is 102 cm³/mol. The highest BCUT2D eigenvalue weighted by Gasteiger charge is 2.23. The van der Waals surface area contributed by atoms with E-state index in [4.69, 9.17) is 13.9 Å². The van der Waals surface area contributed by atoms with Crippen LogP contribution in [0.15, 0.2) is 46.6 Å². The Labute approximate surface area is 159 Å². The van der Waals surface area contributed by atoms with E-state index in [0.717, 1.165) is 49.7 Å². The fraction of sp³-hybridized carbons (Fsp3) is 0.381. The van der Waals surface area contributed by atoms with Gasteiger partial charge in [-0.15, -0.1) is 0 Å². The Bertz CT molecular complexity index is 829. The van der Waals surface area contributed by atoms with E-state index in [1.807, 2.05) is 23.1 Å². The minimum absolute atomic E-state index is 0.0249. The van der Waals surface area contributed by atoms with Crippen molar-refractivity contribution in [3.63, 3.8) is 0 Å². The number of rotatable bonds is 4. The topological polar surface area (TPSA) is 55.2 Å². The molecule has 0 atom stereocenters. The quantitative estimate of drug-likeness (QED) is 0.831. The standard InChI is InChI=1S/C21H24N2O4/c1-25-18-6-2-5-17-13-16(15-27-20(17)18)14-22-8-4-9-23(11-10-22)21(24)19-7-3-12-26-19/h2-3,5-7,12-13H,4,8-11,14-15H2,1H3. The van der Waals surface area contributed by atoms with E-state index in [1.54, 1.807) is 25.5 Å². The summed E-state index contributed by atoms with van der Waals surface area (Å²) in [4.78, 5) is 16.7. The molecule has 6 heteroatoms. The minimum atomic E-state index is -0.0249. The molecule has 0 bridgehead atoms. The smallest absolute Gasteiger partial charge is 0.289 e. The molecule has 6 nitrogen and oxygen atoms in total. The van der Waals surface area contributed by atoms with Crippen molar-refractivity contribution in [1.82, 2.24) is 9.80 Å². The number of nitrogens with zero attached hydrogens (tertiary/aromatic N) is 2. The summed E-state index contributed by atoms with van der Waals surface area (Å²) < 4.78 is 16.6. The second-order valence-corrected chi connectivity index (χ2v) is 6.87. The third kappa shape index (κ3) is 3.85. The van der Waals surface area contributed by atoms with Gasteiger partial charge in [-0.3, -0.25) is 9.69 Å². The summed E-state index contributed by atoms with van der Waals surface area (Å²) in [5, 5.41) is 0. The first-order chi connectivity index (χ1) is 13.2. The van der Waals surface area contributed by atoms with Crippen molar-refractivity contribution in [3.05, 3.63) is 53.5 Å². The minimum Gasteiger partial charge on any atom is -0.493 e. The molecule has 0 radical (unpaired) electrons. The zero-order chi connectivity index (χ0) is 18.6. The van der Waals surface area contributed by atoms with Gasteiger partial charge in [0.1, 0.15) is 6.61 Å². The normalized spacial score (nSPS) is 17.5. The first kappa shape index (κ1) is 17.7. The van der Waals surface area contributed by atoms with Gasteiger partial charge in [0.15, 0.2) is 17.3 Å². The van der Waals surface area contributed by atoms with Crippen LogP contribution in [0.1, 0.15) is 22.5 Å². The molecule has 1 aromatic heterocycles. The largest absolute Gasteiger partial charge is 0.493 e. The highest BCUT2D eigenvalue weighted by atomic mass is 16.5. The Balaban J connectivity index is 1.39. The van der Waals surface area contributed by atoms with Crippen molar-refractivity contribution >= 4 is 12.0 Å². The Morgan fingerprint density at radius 1 is 1.15 bits per heavy atom. The average molecular weight is 368 g/mol. The maximum absolute atomic E-state index is 12.5. The van der Waals surface area contributed by atoms with Crippen LogP contribution in [0.4, 0.5) is 0 Å². The summed E-state index contributed by atoms with van der Waals surface area (Å²) in [7, 11) is 1.66. The van der Waals surface area contributed by atoms with Gasteiger partial charge < -0.3 is 18.8 Å². The van der Waals surface area contributed by atoms with Gasteiger partial charge in [0.05, 0.1) is 13.4 Å². The van der Waals surface area contributed by atoms with Crippen molar-refractivity contribution < 1.29 is 18.7 Å². The first-order valence-corrected chi connectivity index (χ1v) is 9.29. The zero-order valence-electron chi connectivity index (χ0n) is 15.5. The van der Waals surface area contributed by atoms with Crippen molar-refractivity contribution in [2.75, 3.05) is 46.4 Å². The Morgan fingerprint density at radius 2 is 2.07 bits per heavy atom. The lowest BCUT2D eigenvalue weighted by Crippen LogP contribution is -2.36. The van der Waals surface area contributed by atoms with Gasteiger partial charge in [0.2, 0.25) is 0 Å². The third-order valence-electron chi connectivity index (χ3n) is 5.03. The first-order valence-electron chi connectivity index (χ1n) is 9.29. The van der Waals surface area contributed by atoms with E-state index in [9.17, 15) is 4.79 Å². The SMILES string of the molecule is COc1cccc2c1OCC(CN1CCCN(C(=O)c3ccco3)CC1)=C2. The molecule has 0 aliphatic carbocycles. The van der Waals surface area contributed by atoms with Gasteiger partial charge in [0.25, 0.3) is 5.91 Å². The van der Waals surface area contributed by atoms with Crippen LogP contribution in [0.5, 0.6) is 11.5 Å². The number of amides is 1. The molecule has 2 aliphatic rings. The van der Waals surface area contributed by atoms with Crippen LogP contribution in [-0.4, -0.2) is 62.1 Å². The van der Waals surface area contributed by atoms with E-state index < -0.39 is 0 Å². The van der Waals surface area contributed by atoms with Crippen molar-refractivity contribution in [2.45, 2.75) is 6.42 Å². The number of hydrogen-bond donors (Lipinski definition) is 0. The number of carbonyl (C=O) groups is 1. The Kier molecular flexibility index (Phi) is 5.16. The molecule has 0 saturated carbocycles. The van der Waals surface area contributed by atoms with Crippen LogP contribution in [0.3, 0.4) is 0 Å². The lowest BCUT2D eigenvalue weighted by Gasteiger charge is -2.25. The number of fused-ring (bicyclic) bond motifs is 1. The fourth-order valence-electron chi connectivity index (χ4n) is 3.65. The van der Waals surface area contributed by atoms with Crippen LogP contribution in [-0.2, 0) is 0 Å². The molecule has 0 spiro atoms. The van der Waals surface area contributed by atoms with Crippen molar-refractivity contribution in [1.29, 1.82) is 0 Å². The molecule has 0 N–H and O–H groups in total. The number of methoxy groups -OCH3 is 1. The van der Waals surface area contributed by atoms with Gasteiger partial charge in [-0.25, -0.2) is 0 Å². The fourth-order valence-corrected chi connectivity index (χ4v) is 3.65. The van der Waals surface area contributed by atoms with Gasteiger partial charge in [-0.05, 0) is 36.3 Å². The predicted octanol–water partition coefficient (Wildman–Crippen LogP) is 2.91. The summed E-state index contributed by atoms with van der Waals surface area (Å²) in [5.74, 6) is 1.97. The summed E-state index contributed by atoms with van der Waals surface area (Å²) in [5.41, 5.74) is 2.29. The van der Waals surface area contributed by atoms with Crippen LogP contribution in [0.25, 0.3) is 6.08 Å². The number of benzene rings is 1. The zero-order valence-corrected chi connectivity index (χ0v) is 15.5. The molecule has 1 aromatic carbocycles. The van der Waals surface area contributed by atoms with E-state index in [2.05, 4.69) is 11.0 Å². The maximum Gasteiger partial charge on any atom is 0.289 e. The van der Waals surface area contributed by atoms with Gasteiger partial charge in [0, 0.05) is 38.3 Å². The second kappa shape index (κ2) is 7.88. The monoisotopic (exact) mass is 368 g/mol. The van der Waals surface area contributed by atoms with Crippen molar-refractivity contribution in [3.8, 4) is 11.5 Å². The van der Waals surface area contributed by atoms with E-state index in [-0.39, 0.29) is 5.91 Å². The lowest BCUT2D eigenvalue weighted by atomic mass is 10.1. The molecular formula is C21H24N2O4. The molecule has 4 rings (SSSR count). The number of furan rings is 1. The van der Waals surface area contributed by atoms with Crippen molar-refractivity contribution in [2.24, 2.45) is 0 Å². The summed E-state index contributed by atoms with van der Waals surface area (Å²) in [6.45, 7) is 4.68. The highest BCUT2D eigenvalue weighted by Crippen LogP contribution is 2.35. The molecule has 1 amide bonds. The van der Waals surface area contributed by atoms with E-state index in [0.29, 0.717) is 18.9 Å².